The number of amides is 2. The van der Waals surface area contributed by atoms with Gasteiger partial charge < -0.3 is 10.2 Å². The van der Waals surface area contributed by atoms with Crippen LogP contribution in [-0.2, 0) is 4.79 Å². The van der Waals surface area contributed by atoms with Crippen LogP contribution in [0, 0.1) is 0 Å². The van der Waals surface area contributed by atoms with Gasteiger partial charge in [0.1, 0.15) is 5.03 Å². The minimum Gasteiger partial charge on any atom is -0.344 e. The molecule has 2 unspecified atom stereocenters. The van der Waals surface area contributed by atoms with Crippen molar-refractivity contribution >= 4 is 34.9 Å². The van der Waals surface area contributed by atoms with Crippen LogP contribution in [0.1, 0.15) is 73.6 Å². The molecule has 2 aromatic rings. The largest absolute Gasteiger partial charge is 0.344 e. The first-order chi connectivity index (χ1) is 13.9. The molecule has 3 rings (SSSR count). The first kappa shape index (κ1) is 21.8. The Bertz CT molecular complexity index is 862. The fraction of sp³-hybridized carbons (Fsp3) is 0.524. The van der Waals surface area contributed by atoms with E-state index in [2.05, 4.69) is 29.1 Å². The molecule has 1 N–H and O–H groups in total. The van der Waals surface area contributed by atoms with E-state index in [1.807, 2.05) is 24.1 Å². The van der Waals surface area contributed by atoms with Crippen LogP contribution in [0.15, 0.2) is 28.7 Å². The molecule has 0 aliphatic carbocycles. The second-order valence-corrected chi connectivity index (χ2v) is 9.83. The standard InChI is InChI=1S/C21H28N4O2S2/c1-13(2)19-24-17(12-28-19)14(3)23-18(26)16-8-7-9-22-20(16)29-15(4)21(27)25-10-5-6-11-25/h7-9,12-15H,5-6,10-11H2,1-4H3,(H,23,26). The second-order valence-electron chi connectivity index (χ2n) is 7.61. The van der Waals surface area contributed by atoms with Crippen LogP contribution in [0.5, 0.6) is 0 Å². The summed E-state index contributed by atoms with van der Waals surface area (Å²) in [5.74, 6) is 0.280. The van der Waals surface area contributed by atoms with Gasteiger partial charge in [0, 0.05) is 30.6 Å². The van der Waals surface area contributed by atoms with E-state index in [0.29, 0.717) is 16.5 Å². The molecule has 8 heteroatoms. The molecule has 1 saturated heterocycles. The normalized spacial score (nSPS) is 16.1. The molecular formula is C21H28N4O2S2. The van der Waals surface area contributed by atoms with Crippen LogP contribution >= 0.6 is 23.1 Å². The number of nitrogens with zero attached hydrogens (tertiary/aromatic N) is 3. The lowest BCUT2D eigenvalue weighted by Crippen LogP contribution is -2.34. The third-order valence-corrected chi connectivity index (χ3v) is 7.16. The highest BCUT2D eigenvalue weighted by molar-refractivity contribution is 8.00. The number of hydrogen-bond donors (Lipinski definition) is 1. The lowest BCUT2D eigenvalue weighted by atomic mass is 10.2. The van der Waals surface area contributed by atoms with Crippen molar-refractivity contribution in [1.29, 1.82) is 0 Å². The van der Waals surface area contributed by atoms with E-state index in [1.165, 1.54) is 11.8 Å². The van der Waals surface area contributed by atoms with Gasteiger partial charge in [0.2, 0.25) is 5.91 Å². The van der Waals surface area contributed by atoms with E-state index in [0.717, 1.165) is 36.6 Å². The zero-order valence-electron chi connectivity index (χ0n) is 17.3. The summed E-state index contributed by atoms with van der Waals surface area (Å²) in [4.78, 5) is 36.4. The van der Waals surface area contributed by atoms with E-state index < -0.39 is 0 Å². The van der Waals surface area contributed by atoms with Gasteiger partial charge in [-0.15, -0.1) is 11.3 Å². The summed E-state index contributed by atoms with van der Waals surface area (Å²) in [6.07, 6.45) is 3.78. The van der Waals surface area contributed by atoms with Crippen LogP contribution < -0.4 is 5.32 Å². The molecule has 6 nitrogen and oxygen atoms in total. The summed E-state index contributed by atoms with van der Waals surface area (Å²) >= 11 is 2.96. The highest BCUT2D eigenvalue weighted by atomic mass is 32.2. The van der Waals surface area contributed by atoms with Gasteiger partial charge in [-0.05, 0) is 38.8 Å². The molecule has 29 heavy (non-hydrogen) atoms. The SMILES string of the molecule is CC(Sc1ncccc1C(=O)NC(C)c1csc(C(C)C)n1)C(=O)N1CCCC1. The van der Waals surface area contributed by atoms with Crippen LogP contribution in [0.25, 0.3) is 0 Å². The molecule has 0 bridgehead atoms. The van der Waals surface area contributed by atoms with Crippen molar-refractivity contribution in [3.05, 3.63) is 40.0 Å². The number of pyridine rings is 1. The van der Waals surface area contributed by atoms with Crippen molar-refractivity contribution in [2.75, 3.05) is 13.1 Å². The third kappa shape index (κ3) is 5.36. The Morgan fingerprint density at radius 1 is 1.21 bits per heavy atom. The molecular weight excluding hydrogens is 404 g/mol. The number of hydrogen-bond acceptors (Lipinski definition) is 6. The average Bonchev–Trinajstić information content (AvgIpc) is 3.39. The maximum Gasteiger partial charge on any atom is 0.254 e. The van der Waals surface area contributed by atoms with Crippen LogP contribution in [-0.4, -0.2) is 45.0 Å². The summed E-state index contributed by atoms with van der Waals surface area (Å²) < 4.78 is 0. The Labute approximate surface area is 180 Å². The Morgan fingerprint density at radius 2 is 1.93 bits per heavy atom. The van der Waals surface area contributed by atoms with Crippen LogP contribution in [0.3, 0.4) is 0 Å². The quantitative estimate of drug-likeness (QED) is 0.662. The van der Waals surface area contributed by atoms with Gasteiger partial charge in [-0.25, -0.2) is 9.97 Å². The monoisotopic (exact) mass is 432 g/mol. The summed E-state index contributed by atoms with van der Waals surface area (Å²) in [6, 6.07) is 3.30. The van der Waals surface area contributed by atoms with Crippen LogP contribution in [0.4, 0.5) is 0 Å². The maximum absolute atomic E-state index is 12.9. The lowest BCUT2D eigenvalue weighted by Gasteiger charge is -2.20. The van der Waals surface area contributed by atoms with Gasteiger partial charge in [-0.2, -0.15) is 0 Å². The highest BCUT2D eigenvalue weighted by Crippen LogP contribution is 2.28. The first-order valence-electron chi connectivity index (χ1n) is 10.0. The predicted molar refractivity (Wildman–Crippen MR) is 117 cm³/mol. The van der Waals surface area contributed by atoms with Gasteiger partial charge in [0.05, 0.1) is 27.6 Å². The van der Waals surface area contributed by atoms with Crippen LogP contribution in [0.2, 0.25) is 0 Å². The fourth-order valence-corrected chi connectivity index (χ4v) is 5.11. The molecule has 1 aliphatic rings. The Balaban J connectivity index is 1.68. The molecule has 1 aliphatic heterocycles. The second kappa shape index (κ2) is 9.71. The number of aromatic nitrogens is 2. The topological polar surface area (TPSA) is 75.2 Å². The van der Waals surface area contributed by atoms with E-state index in [1.54, 1.807) is 29.7 Å². The van der Waals surface area contributed by atoms with Crippen molar-refractivity contribution in [3.8, 4) is 0 Å². The Hall–Kier alpha value is -1.93. The summed E-state index contributed by atoms with van der Waals surface area (Å²) in [7, 11) is 0. The molecule has 1 fully saturated rings. The number of rotatable bonds is 7. The van der Waals surface area contributed by atoms with Crippen molar-refractivity contribution in [2.24, 2.45) is 0 Å². The molecule has 156 valence electrons. The molecule has 3 heterocycles. The zero-order chi connectivity index (χ0) is 21.0. The van der Waals surface area contributed by atoms with Crippen molar-refractivity contribution < 1.29 is 9.59 Å². The van der Waals surface area contributed by atoms with Gasteiger partial charge in [0.25, 0.3) is 5.91 Å². The molecule has 2 amide bonds. The average molecular weight is 433 g/mol. The minimum absolute atomic E-state index is 0.113. The van der Waals surface area contributed by atoms with Gasteiger partial charge in [-0.3, -0.25) is 9.59 Å². The third-order valence-electron chi connectivity index (χ3n) is 4.89. The number of thioether (sulfide) groups is 1. The summed E-state index contributed by atoms with van der Waals surface area (Å²) in [5, 5.41) is 6.38. The maximum atomic E-state index is 12.9. The molecule has 0 radical (unpaired) electrons. The van der Waals surface area contributed by atoms with E-state index in [4.69, 9.17) is 0 Å². The van der Waals surface area contributed by atoms with Crippen molar-refractivity contribution in [2.45, 2.75) is 62.8 Å². The summed E-state index contributed by atoms with van der Waals surface area (Å²) in [5.41, 5.74) is 1.35. The highest BCUT2D eigenvalue weighted by Gasteiger charge is 2.26. The molecule has 0 spiro atoms. The predicted octanol–water partition coefficient (Wildman–Crippen LogP) is 4.26. The van der Waals surface area contributed by atoms with Gasteiger partial charge in [0.15, 0.2) is 0 Å². The Morgan fingerprint density at radius 3 is 2.59 bits per heavy atom. The molecule has 2 atom stereocenters. The van der Waals surface area contributed by atoms with E-state index >= 15 is 0 Å². The van der Waals surface area contributed by atoms with Crippen molar-refractivity contribution in [1.82, 2.24) is 20.2 Å². The zero-order valence-corrected chi connectivity index (χ0v) is 19.0. The number of nitrogens with one attached hydrogen (secondary N) is 1. The molecule has 2 aromatic heterocycles. The Kier molecular flexibility index (Phi) is 7.29. The smallest absolute Gasteiger partial charge is 0.254 e. The number of carbonyl (C=O) groups is 2. The number of thiazole rings is 1. The van der Waals surface area contributed by atoms with E-state index in [9.17, 15) is 9.59 Å². The first-order valence-corrected chi connectivity index (χ1v) is 11.8. The van der Waals surface area contributed by atoms with E-state index in [-0.39, 0.29) is 23.1 Å². The minimum atomic E-state index is -0.279. The number of likely N-dealkylation sites (tertiary alicyclic amines) is 1. The fourth-order valence-electron chi connectivity index (χ4n) is 3.18. The van der Waals surface area contributed by atoms with Gasteiger partial charge >= 0.3 is 0 Å². The molecule has 0 aromatic carbocycles. The number of carbonyl (C=O) groups excluding carboxylic acids is 2. The van der Waals surface area contributed by atoms with Gasteiger partial charge in [-0.1, -0.05) is 25.6 Å². The lowest BCUT2D eigenvalue weighted by molar-refractivity contribution is -0.129. The molecule has 0 saturated carbocycles. The van der Waals surface area contributed by atoms with Crippen molar-refractivity contribution in [3.63, 3.8) is 0 Å². The summed E-state index contributed by atoms with van der Waals surface area (Å²) in [6.45, 7) is 9.67.